The van der Waals surface area contributed by atoms with E-state index < -0.39 is 11.9 Å². The highest BCUT2D eigenvalue weighted by molar-refractivity contribution is 7.80. The van der Waals surface area contributed by atoms with Crippen LogP contribution in [0.1, 0.15) is 17.3 Å². The second-order valence-corrected chi connectivity index (χ2v) is 7.04. The molecule has 2 aromatic carbocycles. The fourth-order valence-corrected chi connectivity index (χ4v) is 2.75. The van der Waals surface area contributed by atoms with Crippen molar-refractivity contribution in [2.24, 2.45) is 0 Å². The highest BCUT2D eigenvalue weighted by Crippen LogP contribution is 2.33. The maximum absolute atomic E-state index is 11.9. The Kier molecular flexibility index (Phi) is 8.78. The van der Waals surface area contributed by atoms with Crippen molar-refractivity contribution in [1.82, 2.24) is 10.9 Å². The molecule has 0 aliphatic rings. The molecule has 0 aromatic heterocycles. The molecule has 0 saturated carbocycles. The summed E-state index contributed by atoms with van der Waals surface area (Å²) in [6.45, 7) is 1.70. The number of hydrazine groups is 1. The van der Waals surface area contributed by atoms with Gasteiger partial charge in [-0.2, -0.15) is 0 Å². The zero-order valence-corrected chi connectivity index (χ0v) is 18.1. The van der Waals surface area contributed by atoms with Crippen molar-refractivity contribution in [2.45, 2.75) is 6.92 Å². The van der Waals surface area contributed by atoms with E-state index in [1.807, 2.05) is 0 Å². The number of carbonyl (C=O) groups excluding carboxylic acids is 2. The topological polar surface area (TPSA) is 88.7 Å². The fourth-order valence-electron chi connectivity index (χ4n) is 1.99. The number of nitrogens with one attached hydrogen (secondary N) is 3. The van der Waals surface area contributed by atoms with Gasteiger partial charge < -0.3 is 14.8 Å². The summed E-state index contributed by atoms with van der Waals surface area (Å²) >= 11 is 22.8. The van der Waals surface area contributed by atoms with E-state index in [2.05, 4.69) is 16.2 Å². The molecule has 0 spiro atoms. The molecule has 7 nitrogen and oxygen atoms in total. The Morgan fingerprint density at radius 2 is 1.66 bits per heavy atom. The van der Waals surface area contributed by atoms with E-state index in [4.69, 9.17) is 56.5 Å². The van der Waals surface area contributed by atoms with E-state index in [1.54, 1.807) is 31.2 Å². The summed E-state index contributed by atoms with van der Waals surface area (Å²) < 4.78 is 10.2. The third-order valence-electron chi connectivity index (χ3n) is 3.30. The van der Waals surface area contributed by atoms with E-state index >= 15 is 0 Å². The molecule has 154 valence electrons. The number of esters is 1. The number of ether oxygens (including phenoxy) is 2. The molecule has 0 unspecified atom stereocenters. The van der Waals surface area contributed by atoms with Gasteiger partial charge in [-0.3, -0.25) is 15.6 Å². The minimum atomic E-state index is -0.506. The summed E-state index contributed by atoms with van der Waals surface area (Å²) in [5.74, 6) is -0.693. The number of hydrogen-bond acceptors (Lipinski definition) is 5. The van der Waals surface area contributed by atoms with Gasteiger partial charge >= 0.3 is 5.97 Å². The van der Waals surface area contributed by atoms with Crippen molar-refractivity contribution < 1.29 is 19.1 Å². The average molecular weight is 477 g/mol. The van der Waals surface area contributed by atoms with Crippen LogP contribution in [0.4, 0.5) is 5.69 Å². The Morgan fingerprint density at radius 3 is 2.31 bits per heavy atom. The number of anilines is 1. The summed E-state index contributed by atoms with van der Waals surface area (Å²) in [4.78, 5) is 23.5. The molecule has 2 rings (SSSR count). The molecular weight excluding hydrogens is 461 g/mol. The monoisotopic (exact) mass is 475 g/mol. The summed E-state index contributed by atoms with van der Waals surface area (Å²) in [6.07, 6.45) is 0. The van der Waals surface area contributed by atoms with Crippen LogP contribution in [-0.4, -0.2) is 30.2 Å². The van der Waals surface area contributed by atoms with Crippen LogP contribution in [0.15, 0.2) is 36.4 Å². The van der Waals surface area contributed by atoms with Crippen molar-refractivity contribution in [3.05, 3.63) is 57.0 Å². The molecule has 0 aliphatic carbocycles. The first-order valence-electron chi connectivity index (χ1n) is 8.20. The number of benzene rings is 2. The summed E-state index contributed by atoms with van der Waals surface area (Å²) in [5.41, 5.74) is 5.93. The highest BCUT2D eigenvalue weighted by Gasteiger charge is 2.10. The molecule has 0 aliphatic heterocycles. The second kappa shape index (κ2) is 11.1. The first-order valence-corrected chi connectivity index (χ1v) is 9.74. The number of halogens is 3. The molecule has 3 N–H and O–H groups in total. The Labute approximate surface area is 187 Å². The molecule has 0 bridgehead atoms. The Bertz CT molecular complexity index is 910. The molecule has 0 radical (unpaired) electrons. The second-order valence-electron chi connectivity index (χ2n) is 5.41. The molecule has 0 atom stereocenters. The molecule has 0 heterocycles. The van der Waals surface area contributed by atoms with E-state index in [9.17, 15) is 9.59 Å². The highest BCUT2D eigenvalue weighted by atomic mass is 35.5. The predicted octanol–water partition coefficient (Wildman–Crippen LogP) is 4.22. The lowest BCUT2D eigenvalue weighted by atomic mass is 10.2. The van der Waals surface area contributed by atoms with Crippen LogP contribution in [0.25, 0.3) is 0 Å². The quantitative estimate of drug-likeness (QED) is 0.249. The normalized spacial score (nSPS) is 10.1. The molecule has 0 fully saturated rings. The fraction of sp³-hybridized carbons (Fsp3) is 0.167. The van der Waals surface area contributed by atoms with Crippen LogP contribution < -0.4 is 20.9 Å². The van der Waals surface area contributed by atoms with Gasteiger partial charge in [-0.25, -0.2) is 4.79 Å². The van der Waals surface area contributed by atoms with Crippen molar-refractivity contribution in [3.8, 4) is 5.75 Å². The minimum absolute atomic E-state index is 0.134. The van der Waals surface area contributed by atoms with Gasteiger partial charge in [0, 0.05) is 11.8 Å². The van der Waals surface area contributed by atoms with Crippen LogP contribution >= 0.6 is 47.0 Å². The van der Waals surface area contributed by atoms with Crippen molar-refractivity contribution in [2.75, 3.05) is 18.5 Å². The van der Waals surface area contributed by atoms with Gasteiger partial charge in [-0.05, 0) is 49.5 Å². The number of rotatable bonds is 6. The van der Waals surface area contributed by atoms with E-state index in [0.29, 0.717) is 17.9 Å². The van der Waals surface area contributed by atoms with Gasteiger partial charge in [-0.15, -0.1) is 0 Å². The Hall–Kier alpha value is -2.26. The minimum Gasteiger partial charge on any atom is -0.482 e. The van der Waals surface area contributed by atoms with Gasteiger partial charge in [0.25, 0.3) is 5.91 Å². The zero-order valence-electron chi connectivity index (χ0n) is 15.1. The lowest BCUT2D eigenvalue weighted by Crippen LogP contribution is -2.45. The van der Waals surface area contributed by atoms with E-state index in [-0.39, 0.29) is 32.5 Å². The molecule has 11 heteroatoms. The smallest absolute Gasteiger partial charge is 0.338 e. The lowest BCUT2D eigenvalue weighted by Gasteiger charge is -2.13. The predicted molar refractivity (Wildman–Crippen MR) is 117 cm³/mol. The third kappa shape index (κ3) is 7.25. The van der Waals surface area contributed by atoms with Crippen molar-refractivity contribution >= 4 is 69.7 Å². The number of hydrogen-bond donors (Lipinski definition) is 3. The number of thiocarbonyl (C=S) groups is 1. The van der Waals surface area contributed by atoms with Crippen LogP contribution in [0, 0.1) is 0 Å². The first kappa shape index (κ1) is 23.0. The van der Waals surface area contributed by atoms with Crippen LogP contribution in [0.2, 0.25) is 15.1 Å². The Morgan fingerprint density at radius 1 is 1.00 bits per heavy atom. The van der Waals surface area contributed by atoms with Gasteiger partial charge in [0.05, 0.1) is 27.2 Å². The standard InChI is InChI=1S/C18H16Cl3N3O4S/c1-2-27-17(26)10-3-5-11(6-4-10)22-18(29)24-23-16(25)9-28-15-8-13(20)12(19)7-14(15)21/h3-8H,2,9H2,1H3,(H,23,25)(H2,22,24,29). The summed E-state index contributed by atoms with van der Waals surface area (Å²) in [5, 5.41) is 3.74. The Balaban J connectivity index is 1.78. The van der Waals surface area contributed by atoms with Crippen molar-refractivity contribution in [1.29, 1.82) is 0 Å². The van der Waals surface area contributed by atoms with E-state index in [0.717, 1.165) is 0 Å². The molecule has 2 aromatic rings. The van der Waals surface area contributed by atoms with E-state index in [1.165, 1.54) is 12.1 Å². The molecular formula is C18H16Cl3N3O4S. The number of carbonyl (C=O) groups is 2. The maximum Gasteiger partial charge on any atom is 0.338 e. The zero-order chi connectivity index (χ0) is 21.4. The average Bonchev–Trinajstić information content (AvgIpc) is 2.69. The van der Waals surface area contributed by atoms with Crippen LogP contribution in [0.5, 0.6) is 5.75 Å². The number of amides is 1. The molecule has 29 heavy (non-hydrogen) atoms. The van der Waals surface area contributed by atoms with Crippen LogP contribution in [0.3, 0.4) is 0 Å². The third-order valence-corrected chi connectivity index (χ3v) is 4.52. The summed E-state index contributed by atoms with van der Waals surface area (Å²) in [6, 6.07) is 9.32. The largest absolute Gasteiger partial charge is 0.482 e. The van der Waals surface area contributed by atoms with Crippen molar-refractivity contribution in [3.63, 3.8) is 0 Å². The molecule has 0 saturated heterocycles. The van der Waals surface area contributed by atoms with Gasteiger partial charge in [0.1, 0.15) is 5.75 Å². The van der Waals surface area contributed by atoms with Gasteiger partial charge in [-0.1, -0.05) is 34.8 Å². The van der Waals surface area contributed by atoms with Gasteiger partial charge in [0.2, 0.25) is 0 Å². The lowest BCUT2D eigenvalue weighted by molar-refractivity contribution is -0.123. The summed E-state index contributed by atoms with van der Waals surface area (Å²) in [7, 11) is 0. The molecule has 1 amide bonds. The first-order chi connectivity index (χ1) is 13.8. The van der Waals surface area contributed by atoms with Gasteiger partial charge in [0.15, 0.2) is 11.7 Å². The SMILES string of the molecule is CCOC(=O)c1ccc(NC(=S)NNC(=O)COc2cc(Cl)c(Cl)cc2Cl)cc1. The maximum atomic E-state index is 11.9. The van der Waals surface area contributed by atoms with Crippen LogP contribution in [-0.2, 0) is 9.53 Å².